The van der Waals surface area contributed by atoms with E-state index in [0.717, 1.165) is 5.92 Å². The van der Waals surface area contributed by atoms with E-state index in [4.69, 9.17) is 4.74 Å². The normalized spacial score (nSPS) is 40.3. The molecule has 4 saturated carbocycles. The largest absolute Gasteiger partial charge is 0.378 e. The minimum atomic E-state index is -0.193. The Bertz CT molecular complexity index is 723. The predicted octanol–water partition coefficient (Wildman–Crippen LogP) is 4.16. The third-order valence-electron chi connectivity index (χ3n) is 8.31. The van der Waals surface area contributed by atoms with Gasteiger partial charge in [-0.1, -0.05) is 19.1 Å². The van der Waals surface area contributed by atoms with Crippen LogP contribution in [0, 0.1) is 29.0 Å². The predicted molar refractivity (Wildman–Crippen MR) is 102 cm³/mol. The second-order valence-electron chi connectivity index (χ2n) is 10.0. The van der Waals surface area contributed by atoms with Gasteiger partial charge in [-0.05, 0) is 73.0 Å². The molecule has 2 unspecified atom stereocenters. The van der Waals surface area contributed by atoms with Gasteiger partial charge in [-0.2, -0.15) is 0 Å². The lowest BCUT2D eigenvalue weighted by Gasteiger charge is -2.65. The van der Waals surface area contributed by atoms with E-state index in [-0.39, 0.29) is 23.2 Å². The number of hydrogen-bond acceptors (Lipinski definition) is 2. The quantitative estimate of drug-likeness (QED) is 0.795. The van der Waals surface area contributed by atoms with E-state index in [2.05, 4.69) is 6.92 Å². The molecule has 4 heteroatoms. The molecular weight excluding hydrogens is 341 g/mol. The minimum absolute atomic E-state index is 0.112. The van der Waals surface area contributed by atoms with Crippen LogP contribution >= 0.6 is 0 Å². The Hall–Kier alpha value is -1.42. The maximum atomic E-state index is 13.6. The molecule has 4 aliphatic carbocycles. The van der Waals surface area contributed by atoms with Gasteiger partial charge in [0, 0.05) is 32.0 Å². The van der Waals surface area contributed by atoms with Crippen LogP contribution in [-0.2, 0) is 14.9 Å². The van der Waals surface area contributed by atoms with Gasteiger partial charge in [-0.15, -0.1) is 0 Å². The Kier molecular flexibility index (Phi) is 3.95. The first-order valence-corrected chi connectivity index (χ1v) is 10.5. The Balaban J connectivity index is 1.49. The summed E-state index contributed by atoms with van der Waals surface area (Å²) in [5, 5.41) is 0. The molecule has 0 radical (unpaired) electrons. The van der Waals surface area contributed by atoms with Crippen LogP contribution in [0.5, 0.6) is 0 Å². The number of likely N-dealkylation sites (tertiary alicyclic amines) is 1. The lowest BCUT2D eigenvalue weighted by Crippen LogP contribution is -2.61. The molecule has 146 valence electrons. The molecule has 6 rings (SSSR count). The molecule has 0 aromatic heterocycles. The molecule has 3 nitrogen and oxygen atoms in total. The first-order valence-electron chi connectivity index (χ1n) is 10.5. The lowest BCUT2D eigenvalue weighted by molar-refractivity contribution is -0.154. The summed E-state index contributed by atoms with van der Waals surface area (Å²) < 4.78 is 19.0. The Morgan fingerprint density at radius 1 is 1.15 bits per heavy atom. The lowest BCUT2D eigenvalue weighted by atomic mass is 9.39. The van der Waals surface area contributed by atoms with Crippen molar-refractivity contribution < 1.29 is 13.9 Å². The highest BCUT2D eigenvalue weighted by atomic mass is 19.1. The topological polar surface area (TPSA) is 29.5 Å². The van der Waals surface area contributed by atoms with Crippen molar-refractivity contribution in [3.05, 3.63) is 35.6 Å². The summed E-state index contributed by atoms with van der Waals surface area (Å²) >= 11 is 0. The average molecular weight is 371 g/mol. The number of carbonyl (C=O) groups excluding carboxylic acids is 1. The van der Waals surface area contributed by atoms with Gasteiger partial charge in [0.2, 0.25) is 5.91 Å². The number of ether oxygens (including phenoxy) is 1. The molecule has 1 amide bonds. The molecule has 4 bridgehead atoms. The van der Waals surface area contributed by atoms with Crippen molar-refractivity contribution >= 4 is 5.91 Å². The van der Waals surface area contributed by atoms with E-state index in [9.17, 15) is 9.18 Å². The fourth-order valence-corrected chi connectivity index (χ4v) is 7.26. The number of benzene rings is 1. The zero-order chi connectivity index (χ0) is 18.8. The van der Waals surface area contributed by atoms with Gasteiger partial charge in [-0.3, -0.25) is 4.79 Å². The van der Waals surface area contributed by atoms with Gasteiger partial charge in [0.05, 0.1) is 6.10 Å². The second kappa shape index (κ2) is 6.04. The SMILES string of the molecule is COC1CN(C(=O)CC2(c3ccc(F)cc3)C3CC4CC2CC(C)(C4)C3)C1. The van der Waals surface area contributed by atoms with Crippen LogP contribution in [0.25, 0.3) is 0 Å². The van der Waals surface area contributed by atoms with E-state index in [1.54, 1.807) is 19.2 Å². The van der Waals surface area contributed by atoms with E-state index in [0.29, 0.717) is 36.8 Å². The van der Waals surface area contributed by atoms with E-state index in [1.807, 2.05) is 17.0 Å². The monoisotopic (exact) mass is 371 g/mol. The van der Waals surface area contributed by atoms with Crippen LogP contribution in [0.15, 0.2) is 24.3 Å². The molecule has 1 saturated heterocycles. The number of methoxy groups -OCH3 is 1. The van der Waals surface area contributed by atoms with Crippen LogP contribution in [0.2, 0.25) is 0 Å². The molecule has 5 fully saturated rings. The van der Waals surface area contributed by atoms with Gasteiger partial charge in [-0.25, -0.2) is 4.39 Å². The summed E-state index contributed by atoms with van der Waals surface area (Å²) in [6.07, 6.45) is 7.02. The van der Waals surface area contributed by atoms with Crippen LogP contribution < -0.4 is 0 Å². The van der Waals surface area contributed by atoms with Crippen molar-refractivity contribution in [1.82, 2.24) is 4.90 Å². The van der Waals surface area contributed by atoms with Crippen molar-refractivity contribution in [1.29, 1.82) is 0 Å². The van der Waals surface area contributed by atoms with Gasteiger partial charge >= 0.3 is 0 Å². The summed E-state index contributed by atoms with van der Waals surface area (Å²) in [4.78, 5) is 15.2. The standard InChI is InChI=1S/C23H30FNO2/c1-22-9-15-7-17(10-22)23(18(8-15)11-22,16-3-5-19(24)6-4-16)12-21(26)25-13-20(14-25)27-2/h3-6,15,17-18,20H,7-14H2,1-2H3. The molecule has 2 atom stereocenters. The number of amides is 1. The van der Waals surface area contributed by atoms with Gasteiger partial charge in [0.15, 0.2) is 0 Å². The Morgan fingerprint density at radius 2 is 1.78 bits per heavy atom. The molecule has 1 aromatic carbocycles. The number of hydrogen-bond donors (Lipinski definition) is 0. The van der Waals surface area contributed by atoms with Crippen LogP contribution in [0.1, 0.15) is 51.0 Å². The molecule has 0 spiro atoms. The molecule has 1 heterocycles. The third-order valence-corrected chi connectivity index (χ3v) is 8.31. The Morgan fingerprint density at radius 3 is 2.33 bits per heavy atom. The summed E-state index contributed by atoms with van der Waals surface area (Å²) in [6.45, 7) is 3.88. The van der Waals surface area contributed by atoms with Crippen LogP contribution in [-0.4, -0.2) is 37.1 Å². The van der Waals surface area contributed by atoms with Crippen LogP contribution in [0.4, 0.5) is 4.39 Å². The zero-order valence-corrected chi connectivity index (χ0v) is 16.4. The van der Waals surface area contributed by atoms with Gasteiger partial charge in [0.25, 0.3) is 0 Å². The van der Waals surface area contributed by atoms with Crippen molar-refractivity contribution in [3.8, 4) is 0 Å². The molecule has 0 N–H and O–H groups in total. The van der Waals surface area contributed by atoms with Crippen molar-refractivity contribution in [3.63, 3.8) is 0 Å². The average Bonchev–Trinajstić information content (AvgIpc) is 2.57. The molecule has 1 aromatic rings. The molecule has 5 aliphatic rings. The number of halogens is 1. The zero-order valence-electron chi connectivity index (χ0n) is 16.4. The Labute approximate surface area is 161 Å². The first-order chi connectivity index (χ1) is 12.9. The summed E-state index contributed by atoms with van der Waals surface area (Å²) in [5.74, 6) is 1.97. The number of nitrogens with zero attached hydrogens (tertiary/aromatic N) is 1. The van der Waals surface area contributed by atoms with Gasteiger partial charge < -0.3 is 9.64 Å². The third kappa shape index (κ3) is 2.66. The smallest absolute Gasteiger partial charge is 0.223 e. The summed E-state index contributed by atoms with van der Waals surface area (Å²) in [6, 6.07) is 7.08. The van der Waals surface area contributed by atoms with Gasteiger partial charge in [0.1, 0.15) is 5.82 Å². The number of rotatable bonds is 4. The number of carbonyl (C=O) groups is 1. The first kappa shape index (κ1) is 17.7. The van der Waals surface area contributed by atoms with Crippen molar-refractivity contribution in [2.24, 2.45) is 23.2 Å². The van der Waals surface area contributed by atoms with E-state index in [1.165, 1.54) is 37.7 Å². The highest BCUT2D eigenvalue weighted by molar-refractivity contribution is 5.79. The van der Waals surface area contributed by atoms with Crippen LogP contribution in [0.3, 0.4) is 0 Å². The second-order valence-corrected chi connectivity index (χ2v) is 10.0. The molecule has 1 aliphatic heterocycles. The fraction of sp³-hybridized carbons (Fsp3) is 0.696. The van der Waals surface area contributed by atoms with E-state index < -0.39 is 0 Å². The summed E-state index contributed by atoms with van der Waals surface area (Å²) in [7, 11) is 1.71. The maximum absolute atomic E-state index is 13.6. The fourth-order valence-electron chi connectivity index (χ4n) is 7.26. The highest BCUT2D eigenvalue weighted by Crippen LogP contribution is 2.68. The molecule has 27 heavy (non-hydrogen) atoms. The highest BCUT2D eigenvalue weighted by Gasteiger charge is 2.61. The van der Waals surface area contributed by atoms with E-state index >= 15 is 0 Å². The summed E-state index contributed by atoms with van der Waals surface area (Å²) in [5.41, 5.74) is 1.53. The maximum Gasteiger partial charge on any atom is 0.223 e. The molecular formula is C23H30FNO2. The minimum Gasteiger partial charge on any atom is -0.378 e. The van der Waals surface area contributed by atoms with Crippen molar-refractivity contribution in [2.75, 3.05) is 20.2 Å². The van der Waals surface area contributed by atoms with Crippen molar-refractivity contribution in [2.45, 2.75) is 57.0 Å².